The molecule has 0 heterocycles. The van der Waals surface area contributed by atoms with Gasteiger partial charge in [-0.25, -0.2) is 0 Å². The van der Waals surface area contributed by atoms with Gasteiger partial charge in [0.05, 0.1) is 6.04 Å². The third-order valence-corrected chi connectivity index (χ3v) is 3.98. The highest BCUT2D eigenvalue weighted by Gasteiger charge is 2.21. The molecule has 1 unspecified atom stereocenters. The van der Waals surface area contributed by atoms with Crippen molar-refractivity contribution in [3.63, 3.8) is 0 Å². The van der Waals surface area contributed by atoms with Crippen LogP contribution in [0, 0.1) is 0 Å². The molecule has 1 nitrogen and oxygen atoms in total. The van der Waals surface area contributed by atoms with Crippen molar-refractivity contribution in [1.82, 2.24) is 4.90 Å². The van der Waals surface area contributed by atoms with Crippen LogP contribution in [0.15, 0.2) is 84.5 Å². The van der Waals surface area contributed by atoms with Crippen molar-refractivity contribution in [3.05, 3.63) is 95.6 Å². The first-order valence-corrected chi connectivity index (χ1v) is 7.49. The molecule has 0 aromatic heterocycles. The Hall–Kier alpha value is -2.12. The summed E-state index contributed by atoms with van der Waals surface area (Å²) in [6.07, 6.45) is 7.72. The summed E-state index contributed by atoms with van der Waals surface area (Å²) in [6.45, 7) is 0.956. The monoisotopic (exact) mass is 275 g/mol. The third-order valence-electron chi connectivity index (χ3n) is 3.98. The normalized spacial score (nSPS) is 15.2. The summed E-state index contributed by atoms with van der Waals surface area (Å²) in [7, 11) is 2.21. The molecule has 1 aliphatic carbocycles. The Bertz CT molecular complexity index is 625. The predicted molar refractivity (Wildman–Crippen MR) is 88.9 cm³/mol. The van der Waals surface area contributed by atoms with E-state index in [1.54, 1.807) is 0 Å². The molecule has 3 rings (SSSR count). The number of allylic oxidation sites excluding steroid dienone is 3. The Morgan fingerprint density at radius 1 is 0.952 bits per heavy atom. The Kier molecular flexibility index (Phi) is 4.32. The largest absolute Gasteiger partial charge is 0.291 e. The van der Waals surface area contributed by atoms with Crippen molar-refractivity contribution in [2.24, 2.45) is 0 Å². The molecule has 0 saturated heterocycles. The second-order valence-corrected chi connectivity index (χ2v) is 5.59. The molecule has 1 aliphatic rings. The second kappa shape index (κ2) is 6.55. The minimum absolute atomic E-state index is 0.349. The molecule has 0 bridgehead atoms. The number of benzene rings is 2. The SMILES string of the molecule is CN(Cc1ccccc1)C(C1=CC=CC1)c1ccccc1. The summed E-state index contributed by atoms with van der Waals surface area (Å²) >= 11 is 0. The van der Waals surface area contributed by atoms with Gasteiger partial charge in [0.2, 0.25) is 0 Å². The first-order chi connectivity index (χ1) is 10.3. The summed E-state index contributed by atoms with van der Waals surface area (Å²) in [6, 6.07) is 21.8. The first-order valence-electron chi connectivity index (χ1n) is 7.49. The zero-order chi connectivity index (χ0) is 14.5. The first kappa shape index (κ1) is 13.8. The summed E-state index contributed by atoms with van der Waals surface area (Å²) < 4.78 is 0. The van der Waals surface area contributed by atoms with E-state index in [1.807, 2.05) is 0 Å². The predicted octanol–water partition coefficient (Wildman–Crippen LogP) is 4.75. The fourth-order valence-corrected chi connectivity index (χ4v) is 3.02. The zero-order valence-electron chi connectivity index (χ0n) is 12.4. The standard InChI is InChI=1S/C20H21N/c1-21(16-17-10-4-2-5-11-17)20(19-14-8-9-15-19)18-12-6-3-7-13-18/h2-14,20H,15-16H2,1H3. The van der Waals surface area contributed by atoms with E-state index in [9.17, 15) is 0 Å². The molecule has 2 aromatic carbocycles. The van der Waals surface area contributed by atoms with Gasteiger partial charge in [0.25, 0.3) is 0 Å². The van der Waals surface area contributed by atoms with Crippen LogP contribution in [0.4, 0.5) is 0 Å². The molecular formula is C20H21N. The fourth-order valence-electron chi connectivity index (χ4n) is 3.02. The maximum atomic E-state index is 2.43. The van der Waals surface area contributed by atoms with E-state index in [-0.39, 0.29) is 0 Å². The maximum absolute atomic E-state index is 2.43. The number of rotatable bonds is 5. The third kappa shape index (κ3) is 3.32. The van der Waals surface area contributed by atoms with Crippen molar-refractivity contribution in [1.29, 1.82) is 0 Å². The second-order valence-electron chi connectivity index (χ2n) is 5.59. The summed E-state index contributed by atoms with van der Waals surface area (Å²) in [5.41, 5.74) is 4.19. The number of nitrogens with zero attached hydrogens (tertiary/aromatic N) is 1. The highest BCUT2D eigenvalue weighted by molar-refractivity contribution is 5.35. The van der Waals surface area contributed by atoms with Crippen LogP contribution >= 0.6 is 0 Å². The Labute approximate surface area is 127 Å². The van der Waals surface area contributed by atoms with Crippen LogP contribution < -0.4 is 0 Å². The Balaban J connectivity index is 1.85. The topological polar surface area (TPSA) is 3.24 Å². The lowest BCUT2D eigenvalue weighted by atomic mass is 9.96. The number of likely N-dealkylation sites (N-methyl/N-ethyl adjacent to an activating group) is 1. The van der Waals surface area contributed by atoms with Gasteiger partial charge >= 0.3 is 0 Å². The molecule has 0 fully saturated rings. The van der Waals surface area contributed by atoms with Crippen molar-refractivity contribution >= 4 is 0 Å². The van der Waals surface area contributed by atoms with Crippen LogP contribution in [-0.2, 0) is 6.54 Å². The smallest absolute Gasteiger partial charge is 0.0567 e. The maximum Gasteiger partial charge on any atom is 0.0567 e. The van der Waals surface area contributed by atoms with Gasteiger partial charge < -0.3 is 0 Å². The Morgan fingerprint density at radius 2 is 1.62 bits per heavy atom. The molecule has 2 aromatic rings. The molecule has 0 spiro atoms. The van der Waals surface area contributed by atoms with E-state index in [0.717, 1.165) is 13.0 Å². The average Bonchev–Trinajstić information content (AvgIpc) is 3.03. The molecular weight excluding hydrogens is 254 g/mol. The highest BCUT2D eigenvalue weighted by Crippen LogP contribution is 2.32. The van der Waals surface area contributed by atoms with Crippen LogP contribution in [0.2, 0.25) is 0 Å². The van der Waals surface area contributed by atoms with Gasteiger partial charge in [0, 0.05) is 6.54 Å². The number of hydrogen-bond donors (Lipinski definition) is 0. The average molecular weight is 275 g/mol. The van der Waals surface area contributed by atoms with Crippen LogP contribution in [0.5, 0.6) is 0 Å². The van der Waals surface area contributed by atoms with E-state index < -0.39 is 0 Å². The van der Waals surface area contributed by atoms with Gasteiger partial charge in [-0.1, -0.05) is 78.9 Å². The molecule has 21 heavy (non-hydrogen) atoms. The molecule has 106 valence electrons. The lowest BCUT2D eigenvalue weighted by molar-refractivity contribution is 0.265. The van der Waals surface area contributed by atoms with E-state index in [0.29, 0.717) is 6.04 Å². The molecule has 0 aliphatic heterocycles. The van der Waals surface area contributed by atoms with Crippen LogP contribution in [0.1, 0.15) is 23.6 Å². The summed E-state index contributed by atoms with van der Waals surface area (Å²) in [5, 5.41) is 0. The van der Waals surface area contributed by atoms with Gasteiger partial charge in [0.15, 0.2) is 0 Å². The summed E-state index contributed by atoms with van der Waals surface area (Å²) in [5.74, 6) is 0. The zero-order valence-corrected chi connectivity index (χ0v) is 12.4. The fraction of sp³-hybridized carbons (Fsp3) is 0.200. The van der Waals surface area contributed by atoms with Gasteiger partial charge in [-0.15, -0.1) is 0 Å². The van der Waals surface area contributed by atoms with Gasteiger partial charge in [0.1, 0.15) is 0 Å². The van der Waals surface area contributed by atoms with Crippen molar-refractivity contribution in [2.75, 3.05) is 7.05 Å². The van der Waals surface area contributed by atoms with Crippen LogP contribution in [0.25, 0.3) is 0 Å². The van der Waals surface area contributed by atoms with E-state index in [4.69, 9.17) is 0 Å². The lowest BCUT2D eigenvalue weighted by Crippen LogP contribution is -2.25. The number of hydrogen-bond acceptors (Lipinski definition) is 1. The molecule has 0 radical (unpaired) electrons. The highest BCUT2D eigenvalue weighted by atomic mass is 15.1. The van der Waals surface area contributed by atoms with Crippen molar-refractivity contribution in [3.8, 4) is 0 Å². The minimum Gasteiger partial charge on any atom is -0.291 e. The molecule has 0 N–H and O–H groups in total. The van der Waals surface area contributed by atoms with Crippen molar-refractivity contribution < 1.29 is 0 Å². The van der Waals surface area contributed by atoms with E-state index in [1.165, 1.54) is 16.7 Å². The quantitative estimate of drug-likeness (QED) is 0.761. The Morgan fingerprint density at radius 3 is 2.24 bits per heavy atom. The molecule has 1 heteroatoms. The molecule has 0 saturated carbocycles. The van der Waals surface area contributed by atoms with E-state index in [2.05, 4.69) is 90.8 Å². The lowest BCUT2D eigenvalue weighted by Gasteiger charge is -2.30. The molecule has 1 atom stereocenters. The van der Waals surface area contributed by atoms with E-state index >= 15 is 0 Å². The molecule has 0 amide bonds. The summed E-state index contributed by atoms with van der Waals surface area (Å²) in [4.78, 5) is 2.43. The minimum atomic E-state index is 0.349. The van der Waals surface area contributed by atoms with Gasteiger partial charge in [-0.3, -0.25) is 4.90 Å². The van der Waals surface area contributed by atoms with Gasteiger partial charge in [-0.2, -0.15) is 0 Å². The van der Waals surface area contributed by atoms with Crippen LogP contribution in [-0.4, -0.2) is 11.9 Å². The van der Waals surface area contributed by atoms with Crippen molar-refractivity contribution in [2.45, 2.75) is 19.0 Å². The van der Waals surface area contributed by atoms with Gasteiger partial charge in [-0.05, 0) is 30.2 Å². The van der Waals surface area contributed by atoms with Crippen LogP contribution in [0.3, 0.4) is 0 Å².